The van der Waals surface area contributed by atoms with Crippen molar-refractivity contribution in [3.63, 3.8) is 0 Å². The maximum absolute atomic E-state index is 14.1. The normalized spacial score (nSPS) is 48.7. The number of hydrogen-bond acceptors (Lipinski definition) is 3. The molecular weight excluding hydrogens is 424 g/mol. The number of carboxylic acids is 1. The third-order valence-electron chi connectivity index (χ3n) is 12.1. The van der Waals surface area contributed by atoms with Crippen LogP contribution in [-0.4, -0.2) is 22.6 Å². The van der Waals surface area contributed by atoms with Gasteiger partial charge in [0, 0.05) is 16.7 Å². The average Bonchev–Trinajstić information content (AvgIpc) is 2.72. The number of carbonyl (C=O) groups is 3. The van der Waals surface area contributed by atoms with Gasteiger partial charge in [-0.2, -0.15) is 0 Å². The highest BCUT2D eigenvalue weighted by Crippen LogP contribution is 2.74. The summed E-state index contributed by atoms with van der Waals surface area (Å²) in [4.78, 5) is 39.7. The lowest BCUT2D eigenvalue weighted by Gasteiger charge is -2.68. The Labute approximate surface area is 204 Å². The summed E-state index contributed by atoms with van der Waals surface area (Å²) in [5.41, 5.74) is -0.797. The number of aliphatic carboxylic acids is 1. The Balaban J connectivity index is 1.68. The molecule has 0 spiro atoms. The molecule has 3 fully saturated rings. The van der Waals surface area contributed by atoms with E-state index in [-0.39, 0.29) is 51.0 Å². The van der Waals surface area contributed by atoms with Crippen LogP contribution < -0.4 is 0 Å². The van der Waals surface area contributed by atoms with Crippen LogP contribution in [0.1, 0.15) is 93.4 Å². The summed E-state index contributed by atoms with van der Waals surface area (Å²) in [6, 6.07) is 0. The quantitative estimate of drug-likeness (QED) is 0.485. The van der Waals surface area contributed by atoms with Gasteiger partial charge in [-0.3, -0.25) is 14.4 Å². The van der Waals surface area contributed by atoms with Gasteiger partial charge in [0.1, 0.15) is 0 Å². The van der Waals surface area contributed by atoms with Gasteiger partial charge in [0.2, 0.25) is 0 Å². The molecule has 0 bridgehead atoms. The van der Waals surface area contributed by atoms with Gasteiger partial charge in [-0.1, -0.05) is 60.1 Å². The van der Waals surface area contributed by atoms with Gasteiger partial charge < -0.3 is 5.11 Å². The van der Waals surface area contributed by atoms with E-state index in [1.54, 1.807) is 6.08 Å². The summed E-state index contributed by atoms with van der Waals surface area (Å²) in [5, 5.41) is 10.5. The van der Waals surface area contributed by atoms with Gasteiger partial charge in [0.15, 0.2) is 11.6 Å². The first-order valence-electron chi connectivity index (χ1n) is 13.3. The van der Waals surface area contributed by atoms with E-state index < -0.39 is 16.8 Å². The molecule has 7 atom stereocenters. The van der Waals surface area contributed by atoms with Crippen LogP contribution in [0.5, 0.6) is 0 Å². The fourth-order valence-electron chi connectivity index (χ4n) is 9.71. The number of carboxylic acid groups (broad SMARTS) is 1. The zero-order valence-corrected chi connectivity index (χ0v) is 22.1. The molecule has 4 nitrogen and oxygen atoms in total. The molecular formula is C30H42O4. The predicted molar refractivity (Wildman–Crippen MR) is 132 cm³/mol. The third kappa shape index (κ3) is 2.69. The van der Waals surface area contributed by atoms with Crippen molar-refractivity contribution >= 4 is 17.5 Å². The van der Waals surface area contributed by atoms with Crippen molar-refractivity contribution in [2.24, 2.45) is 50.2 Å². The summed E-state index contributed by atoms with van der Waals surface area (Å²) in [7, 11) is 0. The molecule has 5 aliphatic rings. The lowest BCUT2D eigenvalue weighted by atomic mass is 9.34. The summed E-state index contributed by atoms with van der Waals surface area (Å²) in [5.74, 6) is -0.603. The molecule has 186 valence electrons. The van der Waals surface area contributed by atoms with Crippen molar-refractivity contribution < 1.29 is 19.5 Å². The molecule has 2 unspecified atom stereocenters. The van der Waals surface area contributed by atoms with E-state index in [0.717, 1.165) is 32.1 Å². The molecule has 0 radical (unpaired) electrons. The molecule has 0 heterocycles. The maximum Gasteiger partial charge on any atom is 0.309 e. The molecule has 1 N–H and O–H groups in total. The van der Waals surface area contributed by atoms with Crippen LogP contribution in [-0.2, 0) is 14.4 Å². The predicted octanol–water partition coefficient (Wildman–Crippen LogP) is 6.40. The van der Waals surface area contributed by atoms with Crippen LogP contribution >= 0.6 is 0 Å². The Morgan fingerprint density at radius 1 is 0.941 bits per heavy atom. The number of allylic oxidation sites excluding steroid dienone is 4. The molecule has 0 saturated heterocycles. The van der Waals surface area contributed by atoms with Gasteiger partial charge in [0.05, 0.1) is 5.41 Å². The van der Waals surface area contributed by atoms with E-state index in [2.05, 4.69) is 54.5 Å². The molecule has 0 aromatic carbocycles. The van der Waals surface area contributed by atoms with Crippen molar-refractivity contribution in [2.75, 3.05) is 0 Å². The van der Waals surface area contributed by atoms with E-state index in [9.17, 15) is 19.5 Å². The van der Waals surface area contributed by atoms with E-state index in [1.165, 1.54) is 5.57 Å². The number of ketones is 2. The number of fused-ring (bicyclic) bond motifs is 7. The summed E-state index contributed by atoms with van der Waals surface area (Å²) < 4.78 is 0. The minimum atomic E-state index is -0.780. The van der Waals surface area contributed by atoms with Crippen LogP contribution in [0.15, 0.2) is 23.8 Å². The molecule has 0 aromatic rings. The van der Waals surface area contributed by atoms with Crippen LogP contribution in [0, 0.1) is 50.2 Å². The first-order valence-corrected chi connectivity index (χ1v) is 13.3. The van der Waals surface area contributed by atoms with Crippen molar-refractivity contribution in [2.45, 2.75) is 93.4 Å². The Kier molecular flexibility index (Phi) is 4.75. The second kappa shape index (κ2) is 6.73. The Hall–Kier alpha value is -1.71. The molecule has 34 heavy (non-hydrogen) atoms. The minimum Gasteiger partial charge on any atom is -0.481 e. The summed E-state index contributed by atoms with van der Waals surface area (Å²) >= 11 is 0. The third-order valence-corrected chi connectivity index (χ3v) is 12.1. The Bertz CT molecular complexity index is 1050. The maximum atomic E-state index is 14.1. The van der Waals surface area contributed by atoms with Gasteiger partial charge in [-0.05, 0) is 85.2 Å². The molecule has 0 aliphatic heterocycles. The standard InChI is InChI=1S/C30H42O4/c1-25(2)12-14-30(24(33)34)15-13-29(7)23(18(30)17-25)19(31)16-21-27(5)10-9-22(32)26(3,4)20(27)8-11-28(21,29)6/h9-10,16,18,20,23H,8,11-15,17H2,1-7H3,(H,33,34)/t18?,20-,23?,27-,28+,29+,30-/m0/s1. The molecule has 5 aliphatic carbocycles. The second-order valence-electron chi connectivity index (χ2n) is 14.4. The second-order valence-corrected chi connectivity index (χ2v) is 14.4. The van der Waals surface area contributed by atoms with E-state index >= 15 is 0 Å². The van der Waals surface area contributed by atoms with E-state index in [1.807, 2.05) is 6.08 Å². The molecule has 5 rings (SSSR count). The van der Waals surface area contributed by atoms with Gasteiger partial charge >= 0.3 is 5.97 Å². The smallest absolute Gasteiger partial charge is 0.309 e. The van der Waals surface area contributed by atoms with Crippen molar-refractivity contribution in [1.82, 2.24) is 0 Å². The van der Waals surface area contributed by atoms with Crippen LogP contribution in [0.4, 0.5) is 0 Å². The van der Waals surface area contributed by atoms with Crippen LogP contribution in [0.2, 0.25) is 0 Å². The highest BCUT2D eigenvalue weighted by molar-refractivity contribution is 5.98. The van der Waals surface area contributed by atoms with Crippen LogP contribution in [0.25, 0.3) is 0 Å². The summed E-state index contributed by atoms with van der Waals surface area (Å²) in [6.07, 6.45) is 11.5. The lowest BCUT2D eigenvalue weighted by molar-refractivity contribution is -0.188. The van der Waals surface area contributed by atoms with E-state index in [0.29, 0.717) is 12.8 Å². The Morgan fingerprint density at radius 2 is 1.59 bits per heavy atom. The highest BCUT2D eigenvalue weighted by Gasteiger charge is 2.70. The van der Waals surface area contributed by atoms with Gasteiger partial charge in [0.25, 0.3) is 0 Å². The number of carbonyl (C=O) groups excluding carboxylic acids is 2. The SMILES string of the molecule is CC1(C)CC[C@]2(C(=O)O)CC[C@]3(C)C(C(=O)C=C4[C@@]5(C)C=CC(=O)C(C)(C)[C@@H]5CC[C@]43C)C2C1. The number of rotatable bonds is 1. The number of hydrogen-bond donors (Lipinski definition) is 1. The van der Waals surface area contributed by atoms with Crippen LogP contribution in [0.3, 0.4) is 0 Å². The monoisotopic (exact) mass is 466 g/mol. The van der Waals surface area contributed by atoms with Crippen molar-refractivity contribution in [1.29, 1.82) is 0 Å². The Morgan fingerprint density at radius 3 is 2.24 bits per heavy atom. The lowest BCUT2D eigenvalue weighted by Crippen LogP contribution is -2.65. The van der Waals surface area contributed by atoms with E-state index in [4.69, 9.17) is 0 Å². The largest absolute Gasteiger partial charge is 0.481 e. The zero-order chi connectivity index (χ0) is 25.1. The van der Waals surface area contributed by atoms with Crippen molar-refractivity contribution in [3.8, 4) is 0 Å². The van der Waals surface area contributed by atoms with Gasteiger partial charge in [-0.25, -0.2) is 0 Å². The fourth-order valence-corrected chi connectivity index (χ4v) is 9.71. The average molecular weight is 467 g/mol. The first kappa shape index (κ1) is 24.0. The summed E-state index contributed by atoms with van der Waals surface area (Å²) in [6.45, 7) is 15.5. The molecule has 0 amide bonds. The van der Waals surface area contributed by atoms with Gasteiger partial charge in [-0.15, -0.1) is 0 Å². The first-order chi connectivity index (χ1) is 15.6. The van der Waals surface area contributed by atoms with Crippen molar-refractivity contribution in [3.05, 3.63) is 23.8 Å². The molecule has 0 aromatic heterocycles. The minimum absolute atomic E-state index is 0.0488. The zero-order valence-electron chi connectivity index (χ0n) is 22.1. The topological polar surface area (TPSA) is 71.4 Å². The highest BCUT2D eigenvalue weighted by atomic mass is 16.4. The molecule has 4 heteroatoms. The molecule has 3 saturated carbocycles. The fraction of sp³-hybridized carbons (Fsp3) is 0.767.